The van der Waals surface area contributed by atoms with Crippen molar-refractivity contribution in [2.45, 2.75) is 26.8 Å². The number of benzene rings is 2. The molecule has 3 aromatic rings. The molecule has 0 aliphatic heterocycles. The zero-order valence-corrected chi connectivity index (χ0v) is 17.4. The third-order valence-corrected chi connectivity index (χ3v) is 5.17. The highest BCUT2D eigenvalue weighted by Gasteiger charge is 2.24. The Hall–Kier alpha value is -2.86. The number of hydrogen-bond donors (Lipinski definition) is 2. The first kappa shape index (κ1) is 20.9. The molecule has 7 heteroatoms. The molecule has 0 aliphatic carbocycles. The quantitative estimate of drug-likeness (QED) is 0.629. The van der Waals surface area contributed by atoms with Gasteiger partial charge >= 0.3 is 0 Å². The molecule has 0 spiro atoms. The van der Waals surface area contributed by atoms with Crippen LogP contribution in [0.15, 0.2) is 41.2 Å². The van der Waals surface area contributed by atoms with Crippen LogP contribution in [0.3, 0.4) is 0 Å². The van der Waals surface area contributed by atoms with Crippen LogP contribution in [-0.2, 0) is 0 Å². The predicted molar refractivity (Wildman–Crippen MR) is 112 cm³/mol. The molecular formula is C22H22ClFN2O3. The van der Waals surface area contributed by atoms with Gasteiger partial charge in [0.1, 0.15) is 17.3 Å². The van der Waals surface area contributed by atoms with E-state index in [-0.39, 0.29) is 27.6 Å². The van der Waals surface area contributed by atoms with Crippen molar-refractivity contribution < 1.29 is 13.9 Å². The Kier molecular flexibility index (Phi) is 5.94. The van der Waals surface area contributed by atoms with Crippen molar-refractivity contribution in [3.8, 4) is 5.75 Å². The molecule has 0 saturated heterocycles. The number of carbonyl (C=O) groups is 1. The van der Waals surface area contributed by atoms with E-state index in [1.807, 2.05) is 13.8 Å². The van der Waals surface area contributed by atoms with Crippen molar-refractivity contribution in [1.82, 2.24) is 10.3 Å². The number of hydrogen-bond acceptors (Lipinski definition) is 3. The lowest BCUT2D eigenvalue weighted by Crippen LogP contribution is -2.34. The van der Waals surface area contributed by atoms with Crippen LogP contribution >= 0.6 is 11.6 Å². The SMILES string of the molecule is COc1cccc2c(=O)c(C)c(C(=O)N[C@@H](c3ccc(Cl)cc3F)C(C)C)[nH]c12. The van der Waals surface area contributed by atoms with Crippen molar-refractivity contribution in [2.24, 2.45) is 5.92 Å². The van der Waals surface area contributed by atoms with Crippen LogP contribution in [0.1, 0.15) is 41.5 Å². The van der Waals surface area contributed by atoms with E-state index in [1.165, 1.54) is 13.2 Å². The molecule has 2 N–H and O–H groups in total. The number of rotatable bonds is 5. The minimum absolute atomic E-state index is 0.100. The second-order valence-corrected chi connectivity index (χ2v) is 7.63. The van der Waals surface area contributed by atoms with E-state index in [2.05, 4.69) is 10.3 Å². The van der Waals surface area contributed by atoms with Gasteiger partial charge in [0.15, 0.2) is 5.43 Å². The topological polar surface area (TPSA) is 71.2 Å². The summed E-state index contributed by atoms with van der Waals surface area (Å²) in [5, 5.41) is 3.56. The summed E-state index contributed by atoms with van der Waals surface area (Å²) >= 11 is 5.85. The number of aromatic nitrogens is 1. The molecule has 0 bridgehead atoms. The monoisotopic (exact) mass is 416 g/mol. The summed E-state index contributed by atoms with van der Waals surface area (Å²) in [5.41, 5.74) is 0.904. The van der Waals surface area contributed by atoms with Gasteiger partial charge in [-0.25, -0.2) is 4.39 Å². The van der Waals surface area contributed by atoms with Gasteiger partial charge < -0.3 is 15.0 Å². The van der Waals surface area contributed by atoms with E-state index >= 15 is 0 Å². The van der Waals surface area contributed by atoms with Crippen molar-refractivity contribution >= 4 is 28.4 Å². The molecule has 29 heavy (non-hydrogen) atoms. The minimum atomic E-state index is -0.601. The van der Waals surface area contributed by atoms with E-state index in [9.17, 15) is 14.0 Å². The van der Waals surface area contributed by atoms with Crippen LogP contribution in [0, 0.1) is 18.7 Å². The van der Waals surface area contributed by atoms with Crippen LogP contribution < -0.4 is 15.5 Å². The number of methoxy groups -OCH3 is 1. The first-order chi connectivity index (χ1) is 13.7. The maximum Gasteiger partial charge on any atom is 0.268 e. The van der Waals surface area contributed by atoms with Gasteiger partial charge in [-0.2, -0.15) is 0 Å². The lowest BCUT2D eigenvalue weighted by Gasteiger charge is -2.24. The van der Waals surface area contributed by atoms with Crippen molar-refractivity contribution in [3.05, 3.63) is 74.3 Å². The molecule has 0 fully saturated rings. The zero-order chi connectivity index (χ0) is 21.3. The molecule has 152 valence electrons. The number of pyridine rings is 1. The van der Waals surface area contributed by atoms with Crippen molar-refractivity contribution in [1.29, 1.82) is 0 Å². The normalized spacial score (nSPS) is 12.2. The molecule has 2 aromatic carbocycles. The van der Waals surface area contributed by atoms with E-state index < -0.39 is 17.8 Å². The van der Waals surface area contributed by atoms with Crippen LogP contribution in [0.2, 0.25) is 5.02 Å². The third kappa shape index (κ3) is 3.98. The Morgan fingerprint density at radius 2 is 1.97 bits per heavy atom. The van der Waals surface area contributed by atoms with Gasteiger partial charge in [0.25, 0.3) is 5.91 Å². The summed E-state index contributed by atoms with van der Waals surface area (Å²) in [6, 6.07) is 8.84. The van der Waals surface area contributed by atoms with Crippen molar-refractivity contribution in [3.63, 3.8) is 0 Å². The molecule has 5 nitrogen and oxygen atoms in total. The highest BCUT2D eigenvalue weighted by molar-refractivity contribution is 6.30. The second-order valence-electron chi connectivity index (χ2n) is 7.20. The maximum atomic E-state index is 14.5. The fourth-order valence-corrected chi connectivity index (χ4v) is 3.51. The Balaban J connectivity index is 2.06. The number of halogens is 2. The molecule has 1 heterocycles. The first-order valence-corrected chi connectivity index (χ1v) is 9.57. The lowest BCUT2D eigenvalue weighted by molar-refractivity contribution is 0.0919. The predicted octanol–water partition coefficient (Wildman–Crippen LogP) is 4.76. The smallest absolute Gasteiger partial charge is 0.268 e. The van der Waals surface area contributed by atoms with Gasteiger partial charge in [0.2, 0.25) is 0 Å². The summed E-state index contributed by atoms with van der Waals surface area (Å²) in [7, 11) is 1.49. The zero-order valence-electron chi connectivity index (χ0n) is 16.6. The third-order valence-electron chi connectivity index (χ3n) is 4.93. The summed E-state index contributed by atoms with van der Waals surface area (Å²) in [5.74, 6) is -0.642. The molecule has 3 rings (SSSR count). The first-order valence-electron chi connectivity index (χ1n) is 9.20. The van der Waals surface area contributed by atoms with Crippen LogP contribution in [-0.4, -0.2) is 18.0 Å². The number of amides is 1. The van der Waals surface area contributed by atoms with Crippen LogP contribution in [0.25, 0.3) is 10.9 Å². The number of para-hydroxylation sites is 1. The minimum Gasteiger partial charge on any atom is -0.495 e. The van der Waals surface area contributed by atoms with Gasteiger partial charge in [-0.05, 0) is 37.1 Å². The van der Waals surface area contributed by atoms with Gasteiger partial charge in [0, 0.05) is 21.5 Å². The van der Waals surface area contributed by atoms with Crippen LogP contribution in [0.4, 0.5) is 4.39 Å². The lowest BCUT2D eigenvalue weighted by atomic mass is 9.95. The molecule has 1 atom stereocenters. The standard InChI is InChI=1S/C22H22ClFN2O3/c1-11(2)18(14-9-8-13(23)10-16(14)24)26-22(28)19-12(3)21(27)15-6-5-7-17(29-4)20(15)25-19/h5-11,18H,1-4H3,(H,25,27)(H,26,28)/t18-/m1/s1. The number of nitrogens with one attached hydrogen (secondary N) is 2. The number of aromatic amines is 1. The Bertz CT molecular complexity index is 1140. The Labute approximate surface area is 172 Å². The number of carbonyl (C=O) groups excluding carboxylic acids is 1. The second kappa shape index (κ2) is 8.25. The van der Waals surface area contributed by atoms with Gasteiger partial charge in [-0.3, -0.25) is 9.59 Å². The average molecular weight is 417 g/mol. The summed E-state index contributed by atoms with van der Waals surface area (Å²) < 4.78 is 19.8. The van der Waals surface area contributed by atoms with E-state index in [0.717, 1.165) is 0 Å². The van der Waals surface area contributed by atoms with Crippen LogP contribution in [0.5, 0.6) is 5.75 Å². The highest BCUT2D eigenvalue weighted by Crippen LogP contribution is 2.27. The summed E-state index contributed by atoms with van der Waals surface area (Å²) in [6.45, 7) is 5.33. The molecule has 1 amide bonds. The summed E-state index contributed by atoms with van der Waals surface area (Å²) in [4.78, 5) is 28.9. The molecule has 0 radical (unpaired) electrons. The number of fused-ring (bicyclic) bond motifs is 1. The fourth-order valence-electron chi connectivity index (χ4n) is 3.35. The number of H-pyrrole nitrogens is 1. The fraction of sp³-hybridized carbons (Fsp3) is 0.273. The van der Waals surface area contributed by atoms with Gasteiger partial charge in [0.05, 0.1) is 18.7 Å². The van der Waals surface area contributed by atoms with Gasteiger partial charge in [-0.15, -0.1) is 0 Å². The van der Waals surface area contributed by atoms with E-state index in [1.54, 1.807) is 37.3 Å². The number of ether oxygens (including phenoxy) is 1. The molecule has 0 unspecified atom stereocenters. The maximum absolute atomic E-state index is 14.5. The highest BCUT2D eigenvalue weighted by atomic mass is 35.5. The van der Waals surface area contributed by atoms with E-state index in [4.69, 9.17) is 16.3 Å². The molecular weight excluding hydrogens is 395 g/mol. The molecule has 0 saturated carbocycles. The van der Waals surface area contributed by atoms with Gasteiger partial charge in [-0.1, -0.05) is 37.6 Å². The van der Waals surface area contributed by atoms with E-state index in [0.29, 0.717) is 22.2 Å². The Morgan fingerprint density at radius 1 is 1.24 bits per heavy atom. The summed E-state index contributed by atoms with van der Waals surface area (Å²) in [6.07, 6.45) is 0. The molecule has 1 aromatic heterocycles. The Morgan fingerprint density at radius 3 is 2.59 bits per heavy atom. The largest absolute Gasteiger partial charge is 0.495 e. The average Bonchev–Trinajstić information content (AvgIpc) is 2.68. The molecule has 0 aliphatic rings. The van der Waals surface area contributed by atoms with Crippen molar-refractivity contribution in [2.75, 3.05) is 7.11 Å².